The van der Waals surface area contributed by atoms with Crippen LogP contribution in [-0.2, 0) is 26.2 Å². The Bertz CT molecular complexity index is 843. The summed E-state index contributed by atoms with van der Waals surface area (Å²) in [5, 5.41) is 0. The molecule has 0 bridgehead atoms. The van der Waals surface area contributed by atoms with Gasteiger partial charge in [-0.3, -0.25) is 12.2 Å². The molecule has 0 radical (unpaired) electrons. The van der Waals surface area contributed by atoms with Crippen LogP contribution >= 0.6 is 0 Å². The smallest absolute Gasteiger partial charge is 1.00 e. The summed E-state index contributed by atoms with van der Waals surface area (Å²) >= 11 is 0. The van der Waals surface area contributed by atoms with Crippen LogP contribution in [-0.4, -0.2) is 0 Å². The molecular weight excluding hydrogens is 583 g/mol. The van der Waals surface area contributed by atoms with Gasteiger partial charge in [0, 0.05) is 0 Å². The average molecular weight is 628 g/mol. The van der Waals surface area contributed by atoms with Crippen LogP contribution in [0.5, 0.6) is 0 Å². The molecule has 0 heterocycles. The number of hydrogen-bond acceptors (Lipinski definition) is 0. The zero-order valence-corrected chi connectivity index (χ0v) is 27.7. The average Bonchev–Trinajstić information content (AvgIpc) is 3.62. The summed E-state index contributed by atoms with van der Waals surface area (Å²) in [5.74, 6) is 1.75. The Balaban J connectivity index is 0. The summed E-state index contributed by atoms with van der Waals surface area (Å²) in [4.78, 5) is 0. The largest absolute Gasteiger partial charge is 2.00 e. The molecule has 0 spiro atoms. The van der Waals surface area contributed by atoms with Gasteiger partial charge in [-0.25, -0.2) is 23.3 Å². The Kier molecular flexibility index (Phi) is 25.3. The molecule has 0 aliphatic heterocycles. The topological polar surface area (TPSA) is 0 Å². The normalized spacial score (nSPS) is 12.6. The van der Waals surface area contributed by atoms with Crippen molar-refractivity contribution < 1.29 is 51.0 Å². The molecule has 0 aromatic heterocycles. The van der Waals surface area contributed by atoms with Gasteiger partial charge in [-0.1, -0.05) is 103 Å². The van der Waals surface area contributed by atoms with E-state index >= 15 is 0 Å². The first-order chi connectivity index (χ1) is 17.2. The molecule has 2 aliphatic carbocycles. The van der Waals surface area contributed by atoms with Gasteiger partial charge in [0.1, 0.15) is 0 Å². The molecule has 4 rings (SSSR count). The Hall–Kier alpha value is -1.27. The molecule has 0 saturated carbocycles. The zero-order valence-electron chi connectivity index (χ0n) is 23.7. The van der Waals surface area contributed by atoms with Crippen molar-refractivity contribution in [3.8, 4) is 0 Å². The van der Waals surface area contributed by atoms with Gasteiger partial charge in [-0.2, -0.15) is 12.2 Å². The van der Waals surface area contributed by atoms with Crippen molar-refractivity contribution in [2.75, 3.05) is 0 Å². The second kappa shape index (κ2) is 24.8. The van der Waals surface area contributed by atoms with E-state index in [2.05, 4.69) is 119 Å². The quantitative estimate of drug-likeness (QED) is 0.345. The standard InChI is InChI=1S/C13H11.2C11H17.2ClH.Zr/c1-3-7-12(8-4-1)11-13-9-5-2-6-10-13;2*1-3-10(4-2)9-11-7-5-6-8-11;;;/h1-11H;2*5,7,10H,3-4,6,9H2,1-2H3;2*1H;/q3*-1;;;+2/p-2. The van der Waals surface area contributed by atoms with Gasteiger partial charge in [-0.15, -0.1) is 54.7 Å². The summed E-state index contributed by atoms with van der Waals surface area (Å²) in [5.41, 5.74) is 5.35. The molecule has 0 fully saturated rings. The molecule has 0 nitrogen and oxygen atoms in total. The Morgan fingerprint density at radius 2 is 0.947 bits per heavy atom. The third-order valence-electron chi connectivity index (χ3n) is 6.79. The molecule has 0 unspecified atom stereocenters. The van der Waals surface area contributed by atoms with Crippen molar-refractivity contribution in [3.05, 3.63) is 126 Å². The van der Waals surface area contributed by atoms with E-state index in [0.717, 1.165) is 24.7 Å². The predicted octanol–water partition coefficient (Wildman–Crippen LogP) is 4.30. The third kappa shape index (κ3) is 16.6. The van der Waals surface area contributed by atoms with E-state index in [4.69, 9.17) is 0 Å². The van der Waals surface area contributed by atoms with E-state index in [1.165, 1.54) is 60.8 Å². The SMILES string of the molecule is CCC(CC)CC1=[C-]CC=C1.CCC(CC)CC1=[C-]CC=C1.[Cl-].[Cl-].[Zr+2].c1ccc([CH-]c2ccccc2)cc1. The van der Waals surface area contributed by atoms with Crippen LogP contribution in [0.2, 0.25) is 0 Å². The van der Waals surface area contributed by atoms with Gasteiger partial charge in [0.15, 0.2) is 0 Å². The minimum atomic E-state index is 0. The second-order valence-corrected chi connectivity index (χ2v) is 9.36. The minimum absolute atomic E-state index is 0. The summed E-state index contributed by atoms with van der Waals surface area (Å²) in [7, 11) is 0. The molecule has 3 heteroatoms. The Morgan fingerprint density at radius 3 is 1.21 bits per heavy atom. The van der Waals surface area contributed by atoms with Crippen molar-refractivity contribution >= 4 is 0 Å². The molecule has 0 amide bonds. The number of halogens is 2. The first-order valence-corrected chi connectivity index (χ1v) is 13.7. The maximum atomic E-state index is 3.36. The van der Waals surface area contributed by atoms with E-state index in [9.17, 15) is 0 Å². The third-order valence-corrected chi connectivity index (χ3v) is 6.79. The Labute approximate surface area is 266 Å². The van der Waals surface area contributed by atoms with Crippen LogP contribution in [0.3, 0.4) is 0 Å². The molecule has 206 valence electrons. The summed E-state index contributed by atoms with van der Waals surface area (Å²) in [6.45, 7) is 9.08. The number of allylic oxidation sites excluding steroid dienone is 8. The fourth-order valence-corrected chi connectivity index (χ4v) is 4.25. The molecule has 0 N–H and O–H groups in total. The number of hydrogen-bond donors (Lipinski definition) is 0. The maximum absolute atomic E-state index is 3.36. The van der Waals surface area contributed by atoms with Gasteiger partial charge in [-0.05, 0) is 11.8 Å². The van der Waals surface area contributed by atoms with Gasteiger partial charge in [0.2, 0.25) is 0 Å². The number of benzene rings is 2. The van der Waals surface area contributed by atoms with Crippen molar-refractivity contribution in [1.82, 2.24) is 0 Å². The fraction of sp³-hybridized carbons (Fsp3) is 0.400. The van der Waals surface area contributed by atoms with Crippen molar-refractivity contribution in [2.45, 2.75) is 79.1 Å². The van der Waals surface area contributed by atoms with Crippen LogP contribution in [0.4, 0.5) is 0 Å². The van der Waals surface area contributed by atoms with Crippen molar-refractivity contribution in [1.29, 1.82) is 0 Å². The first kappa shape index (κ1) is 38.9. The van der Waals surface area contributed by atoms with Gasteiger partial charge in [0.25, 0.3) is 0 Å². The van der Waals surface area contributed by atoms with E-state index in [-0.39, 0.29) is 51.0 Å². The van der Waals surface area contributed by atoms with E-state index in [0.29, 0.717) is 0 Å². The van der Waals surface area contributed by atoms with Crippen LogP contribution in [0.1, 0.15) is 90.2 Å². The zero-order chi connectivity index (χ0) is 25.1. The summed E-state index contributed by atoms with van der Waals surface area (Å²) in [6, 6.07) is 20.7. The second-order valence-electron chi connectivity index (χ2n) is 9.36. The minimum Gasteiger partial charge on any atom is -1.00 e. The summed E-state index contributed by atoms with van der Waals surface area (Å²) in [6.07, 6.45) is 27.5. The molecule has 2 aromatic carbocycles. The van der Waals surface area contributed by atoms with E-state index in [1.807, 2.05) is 12.1 Å². The van der Waals surface area contributed by atoms with E-state index < -0.39 is 0 Å². The molecule has 2 aliphatic rings. The van der Waals surface area contributed by atoms with Crippen LogP contribution in [0.25, 0.3) is 0 Å². The van der Waals surface area contributed by atoms with Crippen LogP contribution < -0.4 is 24.8 Å². The summed E-state index contributed by atoms with van der Waals surface area (Å²) < 4.78 is 0. The first-order valence-electron chi connectivity index (χ1n) is 13.7. The van der Waals surface area contributed by atoms with Gasteiger partial charge < -0.3 is 24.8 Å². The number of rotatable bonds is 10. The Morgan fingerprint density at radius 1 is 0.605 bits per heavy atom. The van der Waals surface area contributed by atoms with Gasteiger partial charge >= 0.3 is 26.2 Å². The maximum Gasteiger partial charge on any atom is 2.00 e. The fourth-order valence-electron chi connectivity index (χ4n) is 4.25. The van der Waals surface area contributed by atoms with Crippen molar-refractivity contribution in [2.24, 2.45) is 11.8 Å². The van der Waals surface area contributed by atoms with Crippen LogP contribution in [0, 0.1) is 30.4 Å². The molecule has 0 atom stereocenters. The van der Waals surface area contributed by atoms with Crippen molar-refractivity contribution in [3.63, 3.8) is 0 Å². The van der Waals surface area contributed by atoms with Crippen LogP contribution in [0.15, 0.2) is 96.1 Å². The monoisotopic (exact) mass is 625 g/mol. The molecule has 38 heavy (non-hydrogen) atoms. The molecular formula is C35H45Cl2Zr-3. The predicted molar refractivity (Wildman–Crippen MR) is 154 cm³/mol. The molecule has 2 aromatic rings. The van der Waals surface area contributed by atoms with E-state index in [1.54, 1.807) is 0 Å². The molecule has 0 saturated heterocycles. The van der Waals surface area contributed by atoms with Gasteiger partial charge in [0.05, 0.1) is 0 Å².